The Morgan fingerprint density at radius 2 is 2.05 bits per heavy atom. The van der Waals surface area contributed by atoms with Crippen LogP contribution in [0.3, 0.4) is 0 Å². The molecule has 1 aromatic carbocycles. The summed E-state index contributed by atoms with van der Waals surface area (Å²) in [5.41, 5.74) is 1.29. The topological polar surface area (TPSA) is 75.4 Å². The van der Waals surface area contributed by atoms with Crippen LogP contribution in [0, 0.1) is 0 Å². The summed E-state index contributed by atoms with van der Waals surface area (Å²) < 4.78 is 10.7. The van der Waals surface area contributed by atoms with E-state index in [1.807, 2.05) is 18.2 Å². The number of hydrogen-bond donors (Lipinski definition) is 3. The van der Waals surface area contributed by atoms with E-state index in [4.69, 9.17) is 9.47 Å². The molecule has 6 heteroatoms. The smallest absolute Gasteiger partial charge is 0.267 e. The van der Waals surface area contributed by atoms with Crippen LogP contribution in [0.1, 0.15) is 23.3 Å². The van der Waals surface area contributed by atoms with Gasteiger partial charge in [-0.3, -0.25) is 4.79 Å². The van der Waals surface area contributed by atoms with Crippen LogP contribution in [-0.4, -0.2) is 44.2 Å². The summed E-state index contributed by atoms with van der Waals surface area (Å²) in [5.74, 6) is 1.30. The molecule has 1 amide bonds. The third-order valence-corrected chi connectivity index (χ3v) is 4.03. The zero-order valence-electron chi connectivity index (χ0n) is 12.9. The molecule has 0 spiro atoms. The molecule has 22 heavy (non-hydrogen) atoms. The van der Waals surface area contributed by atoms with Crippen LogP contribution in [0.4, 0.5) is 0 Å². The van der Waals surface area contributed by atoms with Gasteiger partial charge in [0.2, 0.25) is 0 Å². The third-order valence-electron chi connectivity index (χ3n) is 4.03. The fraction of sp³-hybridized carbons (Fsp3) is 0.438. The highest BCUT2D eigenvalue weighted by molar-refractivity contribution is 6.01. The van der Waals surface area contributed by atoms with E-state index in [0.29, 0.717) is 17.2 Å². The minimum Gasteiger partial charge on any atom is -0.496 e. The molecule has 118 valence electrons. The molecule has 0 unspecified atom stereocenters. The van der Waals surface area contributed by atoms with Gasteiger partial charge in [-0.05, 0) is 37.6 Å². The highest BCUT2D eigenvalue weighted by atomic mass is 16.5. The van der Waals surface area contributed by atoms with Crippen molar-refractivity contribution in [2.24, 2.45) is 0 Å². The fourth-order valence-corrected chi connectivity index (χ4v) is 2.88. The molecule has 0 radical (unpaired) electrons. The van der Waals surface area contributed by atoms with Gasteiger partial charge in [0.15, 0.2) is 0 Å². The maximum atomic E-state index is 12.4. The molecular formula is C16H21N3O3. The van der Waals surface area contributed by atoms with E-state index in [1.165, 1.54) is 0 Å². The van der Waals surface area contributed by atoms with E-state index in [2.05, 4.69) is 15.6 Å². The third kappa shape index (κ3) is 2.74. The van der Waals surface area contributed by atoms with Gasteiger partial charge in [-0.2, -0.15) is 0 Å². The van der Waals surface area contributed by atoms with Gasteiger partial charge in [0, 0.05) is 18.0 Å². The van der Waals surface area contributed by atoms with Crippen molar-refractivity contribution in [1.82, 2.24) is 15.6 Å². The first-order valence-electron chi connectivity index (χ1n) is 7.48. The van der Waals surface area contributed by atoms with Crippen LogP contribution in [0.5, 0.6) is 11.5 Å². The number of fused-ring (bicyclic) bond motifs is 1. The molecule has 3 rings (SSSR count). The first kappa shape index (κ1) is 14.7. The van der Waals surface area contributed by atoms with Crippen LogP contribution in [0.2, 0.25) is 0 Å². The number of carbonyl (C=O) groups excluding carboxylic acids is 1. The molecule has 0 saturated carbocycles. The Bertz CT molecular complexity index is 634. The zero-order valence-corrected chi connectivity index (χ0v) is 12.9. The van der Waals surface area contributed by atoms with Crippen molar-refractivity contribution in [3.8, 4) is 11.5 Å². The SMILES string of the molecule is COc1ccc(OC)c2[nH]c(C(=O)N[C@@H]3CCCNC3)cc12. The Hall–Kier alpha value is -2.21. The number of H-pyrrole nitrogens is 1. The molecule has 2 aromatic rings. The van der Waals surface area contributed by atoms with Crippen LogP contribution in [-0.2, 0) is 0 Å². The lowest BCUT2D eigenvalue weighted by Crippen LogP contribution is -2.45. The van der Waals surface area contributed by atoms with Crippen LogP contribution in [0.25, 0.3) is 10.9 Å². The number of nitrogens with one attached hydrogen (secondary N) is 3. The van der Waals surface area contributed by atoms with Gasteiger partial charge >= 0.3 is 0 Å². The molecule has 1 aromatic heterocycles. The highest BCUT2D eigenvalue weighted by Gasteiger charge is 2.19. The minimum absolute atomic E-state index is 0.103. The number of carbonyl (C=O) groups is 1. The van der Waals surface area contributed by atoms with Gasteiger partial charge in [-0.1, -0.05) is 0 Å². The maximum absolute atomic E-state index is 12.4. The highest BCUT2D eigenvalue weighted by Crippen LogP contribution is 2.33. The van der Waals surface area contributed by atoms with Gasteiger partial charge in [0.1, 0.15) is 17.2 Å². The molecule has 0 aliphatic carbocycles. The summed E-state index contributed by atoms with van der Waals surface area (Å²) >= 11 is 0. The summed E-state index contributed by atoms with van der Waals surface area (Å²) in [6, 6.07) is 5.64. The van der Waals surface area contributed by atoms with Crippen molar-refractivity contribution in [3.05, 3.63) is 23.9 Å². The average Bonchev–Trinajstić information content (AvgIpc) is 3.00. The normalized spacial score (nSPS) is 18.2. The van der Waals surface area contributed by atoms with E-state index < -0.39 is 0 Å². The molecule has 3 N–H and O–H groups in total. The summed E-state index contributed by atoms with van der Waals surface area (Å²) in [5, 5.41) is 7.19. The predicted octanol–water partition coefficient (Wildman–Crippen LogP) is 1.67. The number of amides is 1. The molecule has 1 saturated heterocycles. The first-order valence-corrected chi connectivity index (χ1v) is 7.48. The Morgan fingerprint density at radius 3 is 2.73 bits per heavy atom. The summed E-state index contributed by atoms with van der Waals surface area (Å²) in [6.45, 7) is 1.84. The zero-order chi connectivity index (χ0) is 15.5. The molecular weight excluding hydrogens is 282 g/mol. The minimum atomic E-state index is -0.103. The monoisotopic (exact) mass is 303 g/mol. The van der Waals surface area contributed by atoms with E-state index in [1.54, 1.807) is 14.2 Å². The summed E-state index contributed by atoms with van der Waals surface area (Å²) in [4.78, 5) is 15.6. The molecule has 1 atom stereocenters. The van der Waals surface area contributed by atoms with E-state index in [-0.39, 0.29) is 11.9 Å². The quantitative estimate of drug-likeness (QED) is 0.803. The molecule has 6 nitrogen and oxygen atoms in total. The van der Waals surface area contributed by atoms with E-state index in [0.717, 1.165) is 36.8 Å². The van der Waals surface area contributed by atoms with Crippen LogP contribution in [0.15, 0.2) is 18.2 Å². The molecule has 2 heterocycles. The van der Waals surface area contributed by atoms with Gasteiger partial charge < -0.3 is 25.1 Å². The Balaban J connectivity index is 1.88. The van der Waals surface area contributed by atoms with Crippen LogP contribution >= 0.6 is 0 Å². The number of hydrogen-bond acceptors (Lipinski definition) is 4. The second kappa shape index (κ2) is 6.27. The van der Waals surface area contributed by atoms with E-state index in [9.17, 15) is 4.79 Å². The fourth-order valence-electron chi connectivity index (χ4n) is 2.88. The van der Waals surface area contributed by atoms with Crippen molar-refractivity contribution in [1.29, 1.82) is 0 Å². The van der Waals surface area contributed by atoms with Gasteiger partial charge in [-0.15, -0.1) is 0 Å². The molecule has 1 aliphatic heterocycles. The van der Waals surface area contributed by atoms with Gasteiger partial charge in [0.25, 0.3) is 5.91 Å². The lowest BCUT2D eigenvalue weighted by atomic mass is 10.1. The average molecular weight is 303 g/mol. The molecule has 1 aliphatic rings. The maximum Gasteiger partial charge on any atom is 0.267 e. The Morgan fingerprint density at radius 1 is 1.27 bits per heavy atom. The number of aromatic amines is 1. The number of piperidine rings is 1. The number of methoxy groups -OCH3 is 2. The van der Waals surface area contributed by atoms with Crippen molar-refractivity contribution in [3.63, 3.8) is 0 Å². The second-order valence-corrected chi connectivity index (χ2v) is 5.46. The van der Waals surface area contributed by atoms with Crippen molar-refractivity contribution >= 4 is 16.8 Å². The molecule has 1 fully saturated rings. The second-order valence-electron chi connectivity index (χ2n) is 5.46. The van der Waals surface area contributed by atoms with Crippen LogP contribution < -0.4 is 20.1 Å². The van der Waals surface area contributed by atoms with Crippen molar-refractivity contribution < 1.29 is 14.3 Å². The number of benzene rings is 1. The summed E-state index contributed by atoms with van der Waals surface area (Å²) in [6.07, 6.45) is 2.09. The standard InChI is InChI=1S/C16H21N3O3/c1-21-13-5-6-14(22-2)15-11(13)8-12(19-15)16(20)18-10-4-3-7-17-9-10/h5-6,8,10,17,19H,3-4,7,9H2,1-2H3,(H,18,20)/t10-/m1/s1. The lowest BCUT2D eigenvalue weighted by molar-refractivity contribution is 0.0926. The van der Waals surface area contributed by atoms with Gasteiger partial charge in [-0.25, -0.2) is 0 Å². The Labute approximate surface area is 129 Å². The first-order chi connectivity index (χ1) is 10.7. The number of rotatable bonds is 4. The van der Waals surface area contributed by atoms with Crippen molar-refractivity contribution in [2.45, 2.75) is 18.9 Å². The van der Waals surface area contributed by atoms with E-state index >= 15 is 0 Å². The molecule has 0 bridgehead atoms. The number of aromatic nitrogens is 1. The largest absolute Gasteiger partial charge is 0.496 e. The Kier molecular flexibility index (Phi) is 4.20. The van der Waals surface area contributed by atoms with Gasteiger partial charge in [0.05, 0.1) is 19.7 Å². The lowest BCUT2D eigenvalue weighted by Gasteiger charge is -2.23. The number of ether oxygens (including phenoxy) is 2. The predicted molar refractivity (Wildman–Crippen MR) is 84.8 cm³/mol. The summed E-state index contributed by atoms with van der Waals surface area (Å²) in [7, 11) is 3.22. The van der Waals surface area contributed by atoms with Crippen molar-refractivity contribution in [2.75, 3.05) is 27.3 Å².